The fourth-order valence-corrected chi connectivity index (χ4v) is 3.82. The van der Waals surface area contributed by atoms with Crippen molar-refractivity contribution in [2.24, 2.45) is 0 Å². The fourth-order valence-electron chi connectivity index (χ4n) is 3.19. The van der Waals surface area contributed by atoms with Crippen LogP contribution in [-0.2, 0) is 14.6 Å². The molecule has 3 rings (SSSR count). The second-order valence-corrected chi connectivity index (χ2v) is 8.82. The quantitative estimate of drug-likeness (QED) is 0.753. The molecule has 1 fully saturated rings. The molecule has 0 unspecified atom stereocenters. The van der Waals surface area contributed by atoms with E-state index < -0.39 is 9.84 Å². The summed E-state index contributed by atoms with van der Waals surface area (Å²) in [4.78, 5) is 14.3. The van der Waals surface area contributed by atoms with Crippen LogP contribution in [0.3, 0.4) is 0 Å². The molecule has 27 heavy (non-hydrogen) atoms. The second kappa shape index (κ2) is 8.65. The summed E-state index contributed by atoms with van der Waals surface area (Å²) in [6.07, 6.45) is 1.15. The van der Waals surface area contributed by atoms with Gasteiger partial charge in [-0.05, 0) is 29.8 Å². The second-order valence-electron chi connectivity index (χ2n) is 6.80. The topological polar surface area (TPSA) is 76.9 Å². The molecule has 0 aliphatic carbocycles. The van der Waals surface area contributed by atoms with Crippen molar-refractivity contribution in [1.29, 1.82) is 0 Å². The molecule has 1 atom stereocenters. The highest BCUT2D eigenvalue weighted by Gasteiger charge is 2.23. The van der Waals surface area contributed by atoms with E-state index in [-0.39, 0.29) is 16.8 Å². The standard InChI is InChI=1S/C20H24N2O4S/c1-27(24,25)18-9-7-17(8-10-18)20(23)21-19(16-5-3-2-4-6-16)15-22-11-13-26-14-12-22/h2-10,19H,11-15H2,1H3,(H,21,23)/p+1/t19-/m1/s1. The normalized spacial score (nSPS) is 16.6. The predicted octanol–water partition coefficient (Wildman–Crippen LogP) is 0.476. The summed E-state index contributed by atoms with van der Waals surface area (Å²) in [6.45, 7) is 4.08. The lowest BCUT2D eigenvalue weighted by molar-refractivity contribution is -0.909. The van der Waals surface area contributed by atoms with Gasteiger partial charge in [-0.1, -0.05) is 30.3 Å². The van der Waals surface area contributed by atoms with Crippen molar-refractivity contribution in [3.8, 4) is 0 Å². The molecule has 0 saturated carbocycles. The van der Waals surface area contributed by atoms with Crippen molar-refractivity contribution in [3.05, 3.63) is 65.7 Å². The molecule has 0 radical (unpaired) electrons. The van der Waals surface area contributed by atoms with Crippen LogP contribution in [0, 0.1) is 0 Å². The minimum absolute atomic E-state index is 0.124. The van der Waals surface area contributed by atoms with E-state index in [1.54, 1.807) is 12.1 Å². The van der Waals surface area contributed by atoms with Gasteiger partial charge in [-0.15, -0.1) is 0 Å². The summed E-state index contributed by atoms with van der Waals surface area (Å²) < 4.78 is 28.6. The number of quaternary nitrogens is 1. The van der Waals surface area contributed by atoms with Gasteiger partial charge in [0.05, 0.1) is 18.1 Å². The predicted molar refractivity (Wildman–Crippen MR) is 103 cm³/mol. The van der Waals surface area contributed by atoms with Crippen LogP contribution in [-0.4, -0.2) is 53.4 Å². The van der Waals surface area contributed by atoms with E-state index in [0.29, 0.717) is 5.56 Å². The van der Waals surface area contributed by atoms with Crippen LogP contribution in [0.4, 0.5) is 0 Å². The lowest BCUT2D eigenvalue weighted by Crippen LogP contribution is -3.14. The fraction of sp³-hybridized carbons (Fsp3) is 0.350. The molecular formula is C20H25N2O4S+. The number of hydrogen-bond acceptors (Lipinski definition) is 4. The zero-order valence-electron chi connectivity index (χ0n) is 15.4. The van der Waals surface area contributed by atoms with Gasteiger partial charge >= 0.3 is 0 Å². The zero-order valence-corrected chi connectivity index (χ0v) is 16.2. The maximum absolute atomic E-state index is 12.7. The number of sulfone groups is 1. The van der Waals surface area contributed by atoms with Gasteiger partial charge in [0, 0.05) is 11.8 Å². The van der Waals surface area contributed by atoms with Crippen LogP contribution in [0.1, 0.15) is 22.0 Å². The number of amides is 1. The Bertz CT molecular complexity index is 861. The first-order chi connectivity index (χ1) is 12.9. The van der Waals surface area contributed by atoms with Crippen LogP contribution < -0.4 is 10.2 Å². The Labute approximate surface area is 160 Å². The van der Waals surface area contributed by atoms with E-state index in [1.807, 2.05) is 30.3 Å². The average Bonchev–Trinajstić information content (AvgIpc) is 2.68. The summed E-state index contributed by atoms with van der Waals surface area (Å²) in [7, 11) is -3.28. The Hall–Kier alpha value is -2.22. The number of benzene rings is 2. The summed E-state index contributed by atoms with van der Waals surface area (Å²) in [5.41, 5.74) is 1.50. The van der Waals surface area contributed by atoms with E-state index in [1.165, 1.54) is 17.0 Å². The number of carbonyl (C=O) groups is 1. The minimum Gasteiger partial charge on any atom is -0.370 e. The van der Waals surface area contributed by atoms with Gasteiger partial charge in [0.2, 0.25) is 0 Å². The third-order valence-corrected chi connectivity index (χ3v) is 5.87. The summed E-state index contributed by atoms with van der Waals surface area (Å²) in [5.74, 6) is -0.212. The number of carbonyl (C=O) groups excluding carboxylic acids is 1. The molecule has 1 saturated heterocycles. The van der Waals surface area contributed by atoms with Crippen molar-refractivity contribution in [1.82, 2.24) is 5.32 Å². The van der Waals surface area contributed by atoms with Gasteiger partial charge in [-0.3, -0.25) is 4.79 Å². The highest BCUT2D eigenvalue weighted by molar-refractivity contribution is 7.90. The lowest BCUT2D eigenvalue weighted by Gasteiger charge is -2.28. The van der Waals surface area contributed by atoms with Gasteiger partial charge in [0.1, 0.15) is 25.7 Å². The van der Waals surface area contributed by atoms with Gasteiger partial charge in [0.15, 0.2) is 9.84 Å². The molecule has 1 heterocycles. The highest BCUT2D eigenvalue weighted by atomic mass is 32.2. The molecule has 2 N–H and O–H groups in total. The molecule has 1 aliphatic rings. The average molecular weight is 389 g/mol. The van der Waals surface area contributed by atoms with Crippen LogP contribution >= 0.6 is 0 Å². The van der Waals surface area contributed by atoms with Gasteiger partial charge < -0.3 is 15.0 Å². The van der Waals surface area contributed by atoms with E-state index in [2.05, 4.69) is 5.32 Å². The maximum atomic E-state index is 12.7. The number of morpholine rings is 1. The van der Waals surface area contributed by atoms with Crippen molar-refractivity contribution in [2.75, 3.05) is 39.1 Å². The van der Waals surface area contributed by atoms with Crippen LogP contribution in [0.5, 0.6) is 0 Å². The van der Waals surface area contributed by atoms with E-state index in [4.69, 9.17) is 4.74 Å². The largest absolute Gasteiger partial charge is 0.370 e. The molecule has 0 aromatic heterocycles. The third kappa shape index (κ3) is 5.38. The Morgan fingerprint density at radius 2 is 1.70 bits per heavy atom. The van der Waals surface area contributed by atoms with Gasteiger partial charge in [-0.2, -0.15) is 0 Å². The molecule has 1 amide bonds. The third-order valence-electron chi connectivity index (χ3n) is 4.74. The molecule has 7 heteroatoms. The van der Waals surface area contributed by atoms with Crippen molar-refractivity contribution in [2.45, 2.75) is 10.9 Å². The maximum Gasteiger partial charge on any atom is 0.251 e. The molecular weight excluding hydrogens is 364 g/mol. The smallest absolute Gasteiger partial charge is 0.251 e. The Kier molecular flexibility index (Phi) is 6.26. The summed E-state index contributed by atoms with van der Waals surface area (Å²) >= 11 is 0. The molecule has 6 nitrogen and oxygen atoms in total. The summed E-state index contributed by atoms with van der Waals surface area (Å²) in [6, 6.07) is 15.8. The first-order valence-corrected chi connectivity index (χ1v) is 10.9. The SMILES string of the molecule is CS(=O)(=O)c1ccc(C(=O)N[C@H](C[NH+]2CCOCC2)c2ccccc2)cc1. The Morgan fingerprint density at radius 1 is 1.07 bits per heavy atom. The van der Waals surface area contributed by atoms with Crippen molar-refractivity contribution >= 4 is 15.7 Å². The number of hydrogen-bond donors (Lipinski definition) is 2. The summed E-state index contributed by atoms with van der Waals surface area (Å²) in [5, 5.41) is 3.11. The van der Waals surface area contributed by atoms with Crippen molar-refractivity contribution < 1.29 is 22.8 Å². The van der Waals surface area contributed by atoms with Crippen LogP contribution in [0.2, 0.25) is 0 Å². The molecule has 2 aromatic rings. The first-order valence-electron chi connectivity index (χ1n) is 9.01. The van der Waals surface area contributed by atoms with E-state index in [9.17, 15) is 13.2 Å². The molecule has 0 bridgehead atoms. The van der Waals surface area contributed by atoms with E-state index >= 15 is 0 Å². The minimum atomic E-state index is -3.28. The number of rotatable bonds is 6. The zero-order chi connectivity index (χ0) is 19.3. The Morgan fingerprint density at radius 3 is 2.30 bits per heavy atom. The van der Waals surface area contributed by atoms with Crippen LogP contribution in [0.25, 0.3) is 0 Å². The first kappa shape index (κ1) is 19.5. The molecule has 2 aromatic carbocycles. The molecule has 0 spiro atoms. The lowest BCUT2D eigenvalue weighted by atomic mass is 10.1. The van der Waals surface area contributed by atoms with Gasteiger partial charge in [-0.25, -0.2) is 8.42 Å². The molecule has 144 valence electrons. The number of nitrogens with one attached hydrogen (secondary N) is 2. The van der Waals surface area contributed by atoms with Gasteiger partial charge in [0.25, 0.3) is 5.91 Å². The monoisotopic (exact) mass is 389 g/mol. The number of ether oxygens (including phenoxy) is 1. The Balaban J connectivity index is 1.75. The van der Waals surface area contributed by atoms with Crippen LogP contribution in [0.15, 0.2) is 59.5 Å². The highest BCUT2D eigenvalue weighted by Crippen LogP contribution is 2.14. The van der Waals surface area contributed by atoms with Crippen molar-refractivity contribution in [3.63, 3.8) is 0 Å². The van der Waals surface area contributed by atoms with E-state index in [0.717, 1.165) is 44.7 Å². The molecule has 1 aliphatic heterocycles.